The molecule has 0 atom stereocenters. The second-order valence-electron chi connectivity index (χ2n) is 13.7. The van der Waals surface area contributed by atoms with Crippen LogP contribution in [0.5, 0.6) is 0 Å². The largest absolute Gasteiger partial charge is 0.382 e. The summed E-state index contributed by atoms with van der Waals surface area (Å²) in [6, 6.07) is 6.71. The fraction of sp³-hybridized carbons (Fsp3) is 0.394. The Labute approximate surface area is 318 Å². The lowest BCUT2D eigenvalue weighted by molar-refractivity contribution is 0.0655. The van der Waals surface area contributed by atoms with E-state index in [1.165, 1.54) is 0 Å². The number of Topliss-reactive ketones (excluding diaryl/α,β-unsaturated/α-hetero) is 1. The number of nitrogens with one attached hydrogen (secondary N) is 3. The van der Waals surface area contributed by atoms with Gasteiger partial charge in [0.25, 0.3) is 17.7 Å². The SMILES string of the molecule is Nc1nc(N)c(C(=O)CC2=NCC3(CCN(C(=O)c4ccc(C(=O)N5CCC6(CC5)CN=C(NC(=O)c5nc(Cl)c(N)nc5N)N6)cc4)CC3)N2)nc1Cl. The average molecular weight is 779 g/mol. The third-order valence-electron chi connectivity index (χ3n) is 10.1. The lowest BCUT2D eigenvalue weighted by Gasteiger charge is -2.39. The normalized spacial score (nSPS) is 18.5. The highest BCUT2D eigenvalue weighted by Gasteiger charge is 2.42. The Morgan fingerprint density at radius 1 is 0.667 bits per heavy atom. The molecule has 2 spiro atoms. The van der Waals surface area contributed by atoms with Crippen LogP contribution in [0.3, 0.4) is 0 Å². The minimum absolute atomic E-state index is 0.0479. The number of hydrogen-bond donors (Lipinski definition) is 7. The summed E-state index contributed by atoms with van der Waals surface area (Å²) in [5, 5.41) is 9.12. The van der Waals surface area contributed by atoms with Gasteiger partial charge >= 0.3 is 0 Å². The summed E-state index contributed by atoms with van der Waals surface area (Å²) in [6.07, 6.45) is 2.42. The molecule has 0 radical (unpaired) electrons. The molecule has 54 heavy (non-hydrogen) atoms. The number of ketones is 1. The van der Waals surface area contributed by atoms with Crippen molar-refractivity contribution in [1.29, 1.82) is 0 Å². The zero-order chi connectivity index (χ0) is 38.4. The smallest absolute Gasteiger partial charge is 0.280 e. The monoisotopic (exact) mass is 777 g/mol. The van der Waals surface area contributed by atoms with Crippen molar-refractivity contribution in [3.8, 4) is 0 Å². The second kappa shape index (κ2) is 14.2. The first-order chi connectivity index (χ1) is 25.7. The zero-order valence-electron chi connectivity index (χ0n) is 28.9. The molecular weight excluding hydrogens is 741 g/mol. The average Bonchev–Trinajstić information content (AvgIpc) is 3.73. The summed E-state index contributed by atoms with van der Waals surface area (Å²) in [5.41, 5.74) is 22.8. The number of rotatable bonds is 6. The van der Waals surface area contributed by atoms with Gasteiger partial charge in [0.1, 0.15) is 5.84 Å². The number of benzene rings is 1. The fourth-order valence-corrected chi connectivity index (χ4v) is 7.24. The number of piperidine rings is 2. The van der Waals surface area contributed by atoms with Gasteiger partial charge in [-0.3, -0.25) is 34.5 Å². The van der Waals surface area contributed by atoms with Crippen LogP contribution < -0.4 is 38.9 Å². The molecule has 0 aliphatic carbocycles. The molecule has 3 aromatic rings. The van der Waals surface area contributed by atoms with Crippen LogP contribution in [0.2, 0.25) is 10.3 Å². The van der Waals surface area contributed by atoms with E-state index in [4.69, 9.17) is 46.1 Å². The van der Waals surface area contributed by atoms with E-state index in [-0.39, 0.29) is 80.5 Å². The van der Waals surface area contributed by atoms with E-state index in [0.29, 0.717) is 81.9 Å². The highest BCUT2D eigenvalue weighted by molar-refractivity contribution is 6.32. The first kappa shape index (κ1) is 36.5. The number of anilines is 4. The number of amides is 3. The maximum absolute atomic E-state index is 13.4. The van der Waals surface area contributed by atoms with Crippen molar-refractivity contribution in [3.63, 3.8) is 0 Å². The van der Waals surface area contributed by atoms with Crippen molar-refractivity contribution in [2.45, 2.75) is 43.2 Å². The molecule has 4 aliphatic rings. The van der Waals surface area contributed by atoms with Crippen molar-refractivity contribution >= 4 is 81.8 Å². The molecule has 2 aromatic heterocycles. The van der Waals surface area contributed by atoms with E-state index in [9.17, 15) is 19.2 Å². The van der Waals surface area contributed by atoms with Crippen LogP contribution in [-0.4, -0.2) is 115 Å². The van der Waals surface area contributed by atoms with Crippen molar-refractivity contribution in [1.82, 2.24) is 45.7 Å². The molecule has 21 heteroatoms. The van der Waals surface area contributed by atoms with Crippen LogP contribution >= 0.6 is 23.2 Å². The summed E-state index contributed by atoms with van der Waals surface area (Å²) in [5.74, 6) is -0.875. The molecule has 19 nitrogen and oxygen atoms in total. The van der Waals surface area contributed by atoms with Gasteiger partial charge in [0.05, 0.1) is 30.6 Å². The molecule has 2 fully saturated rings. The molecule has 2 saturated heterocycles. The van der Waals surface area contributed by atoms with Crippen LogP contribution in [0, 0.1) is 0 Å². The molecule has 11 N–H and O–H groups in total. The number of carbonyl (C=O) groups excluding carboxylic acids is 4. The van der Waals surface area contributed by atoms with Gasteiger partial charge in [-0.05, 0) is 49.9 Å². The minimum atomic E-state index is -0.631. The first-order valence-corrected chi connectivity index (χ1v) is 17.8. The highest BCUT2D eigenvalue weighted by Crippen LogP contribution is 2.30. The molecule has 282 valence electrons. The van der Waals surface area contributed by atoms with Gasteiger partial charge in [-0.1, -0.05) is 23.2 Å². The van der Waals surface area contributed by atoms with E-state index >= 15 is 0 Å². The number of aliphatic imine (C=N–C) groups is 2. The number of guanidine groups is 1. The maximum atomic E-state index is 13.4. The third-order valence-corrected chi connectivity index (χ3v) is 10.7. The fourth-order valence-electron chi connectivity index (χ4n) is 6.98. The van der Waals surface area contributed by atoms with Gasteiger partial charge in [0.2, 0.25) is 0 Å². The quantitative estimate of drug-likeness (QED) is 0.168. The predicted octanol–water partition coefficient (Wildman–Crippen LogP) is 0.516. The van der Waals surface area contributed by atoms with Gasteiger partial charge in [-0.2, -0.15) is 0 Å². The standard InChI is InChI=1S/C33H37Cl2N15O4/c34-22-26(38)44-24(36)20(42-22)18(51)13-19-40-14-32(47-19)5-9-49(10-6-32)29(53)16-1-3-17(4-2-16)30(54)50-11-7-33(8-12-50)15-41-31(48-33)46-28(52)21-25(37)45-27(39)23(35)43-21/h1-4H,5-15H2,(H,40,47)(H4,36,38,44)(H4,37,39,45)(H2,41,46,48,52). The van der Waals surface area contributed by atoms with Crippen molar-refractivity contribution in [3.05, 3.63) is 57.1 Å². The van der Waals surface area contributed by atoms with Gasteiger partial charge < -0.3 is 43.4 Å². The lowest BCUT2D eigenvalue weighted by Crippen LogP contribution is -2.57. The number of carbonyl (C=O) groups is 4. The molecule has 0 saturated carbocycles. The lowest BCUT2D eigenvalue weighted by atomic mass is 9.87. The van der Waals surface area contributed by atoms with Gasteiger partial charge in [0, 0.05) is 37.3 Å². The Hall–Kier alpha value is -5.82. The number of halogens is 2. The number of amidine groups is 1. The number of nitrogens with two attached hydrogens (primary N) is 4. The Morgan fingerprint density at radius 2 is 1.13 bits per heavy atom. The number of hydrogen-bond acceptors (Lipinski definition) is 16. The Bertz CT molecular complexity index is 1960. The molecule has 6 heterocycles. The molecule has 0 unspecified atom stereocenters. The van der Waals surface area contributed by atoms with Crippen LogP contribution in [0.4, 0.5) is 23.3 Å². The number of aromatic nitrogens is 4. The van der Waals surface area contributed by atoms with Crippen molar-refractivity contribution < 1.29 is 19.2 Å². The molecule has 0 bridgehead atoms. The van der Waals surface area contributed by atoms with Gasteiger partial charge in [-0.25, -0.2) is 19.9 Å². The van der Waals surface area contributed by atoms with Gasteiger partial charge in [0.15, 0.2) is 56.7 Å². The van der Waals surface area contributed by atoms with E-state index < -0.39 is 11.4 Å². The van der Waals surface area contributed by atoms with Gasteiger partial charge in [-0.15, -0.1) is 0 Å². The predicted molar refractivity (Wildman–Crippen MR) is 201 cm³/mol. The van der Waals surface area contributed by atoms with E-state index in [1.807, 2.05) is 0 Å². The molecule has 3 amide bonds. The summed E-state index contributed by atoms with van der Waals surface area (Å²) >= 11 is 11.8. The van der Waals surface area contributed by atoms with Crippen LogP contribution in [0.15, 0.2) is 34.3 Å². The Kier molecular flexibility index (Phi) is 9.61. The maximum Gasteiger partial charge on any atom is 0.280 e. The number of nitrogens with zero attached hydrogens (tertiary/aromatic N) is 8. The molecular formula is C33H37Cl2N15O4. The summed E-state index contributed by atoms with van der Waals surface area (Å²) in [4.78, 5) is 80.6. The highest BCUT2D eigenvalue weighted by atomic mass is 35.5. The Balaban J connectivity index is 0.866. The zero-order valence-corrected chi connectivity index (χ0v) is 30.4. The Morgan fingerprint density at radius 3 is 1.67 bits per heavy atom. The topological polar surface area (TPSA) is 291 Å². The van der Waals surface area contributed by atoms with E-state index in [0.717, 1.165) is 0 Å². The summed E-state index contributed by atoms with van der Waals surface area (Å²) in [7, 11) is 0. The number of likely N-dealkylation sites (tertiary alicyclic amines) is 2. The second-order valence-corrected chi connectivity index (χ2v) is 14.4. The third kappa shape index (κ3) is 7.23. The number of nitrogen functional groups attached to an aromatic ring is 4. The van der Waals surface area contributed by atoms with E-state index in [1.54, 1.807) is 34.1 Å². The van der Waals surface area contributed by atoms with Crippen LogP contribution in [0.1, 0.15) is 73.8 Å². The summed E-state index contributed by atoms with van der Waals surface area (Å²) in [6.45, 7) is 2.81. The molecule has 7 rings (SSSR count). The van der Waals surface area contributed by atoms with Crippen molar-refractivity contribution in [2.24, 2.45) is 9.98 Å². The van der Waals surface area contributed by atoms with Crippen LogP contribution in [0.25, 0.3) is 0 Å². The van der Waals surface area contributed by atoms with Crippen molar-refractivity contribution in [2.75, 3.05) is 62.2 Å². The van der Waals surface area contributed by atoms with Crippen LogP contribution in [-0.2, 0) is 0 Å². The summed E-state index contributed by atoms with van der Waals surface area (Å²) < 4.78 is 0. The minimum Gasteiger partial charge on any atom is -0.382 e. The first-order valence-electron chi connectivity index (χ1n) is 17.1. The van der Waals surface area contributed by atoms with E-state index in [2.05, 4.69) is 45.9 Å². The molecule has 1 aromatic carbocycles. The molecule has 4 aliphatic heterocycles.